The Morgan fingerprint density at radius 1 is 1.25 bits per heavy atom. The van der Waals surface area contributed by atoms with Gasteiger partial charge in [-0.2, -0.15) is 5.26 Å². The smallest absolute Gasteiger partial charge is 0.193 e. The first-order valence-corrected chi connectivity index (χ1v) is 3.73. The van der Waals surface area contributed by atoms with Gasteiger partial charge in [-0.3, -0.25) is 0 Å². The minimum atomic E-state index is -1.06. The molecule has 0 aliphatic carbocycles. The third kappa shape index (κ3) is 1.84. The van der Waals surface area contributed by atoms with Crippen molar-refractivity contribution in [1.82, 2.24) is 0 Å². The van der Waals surface area contributed by atoms with Crippen molar-refractivity contribution in [2.24, 2.45) is 26.1 Å². The monoisotopic (exact) mass is 165 g/mol. The molecule has 0 unspecified atom stereocenters. The van der Waals surface area contributed by atoms with Crippen molar-refractivity contribution in [2.75, 3.05) is 0 Å². The molecule has 0 bridgehead atoms. The minimum absolute atomic E-state index is 0.00188. The lowest BCUT2D eigenvalue weighted by Crippen LogP contribution is -2.26. The molecule has 0 N–H and O–H groups in total. The highest BCUT2D eigenvalue weighted by Crippen LogP contribution is 2.33. The molecule has 0 radical (unpaired) electrons. The molecule has 1 rings (SSSR count). The molecule has 0 amide bonds. The summed E-state index contributed by atoms with van der Waals surface area (Å²) >= 11 is 0. The van der Waals surface area contributed by atoms with Crippen molar-refractivity contribution in [2.45, 2.75) is 32.9 Å². The van der Waals surface area contributed by atoms with Crippen LogP contribution in [0.4, 0.5) is 0 Å². The summed E-state index contributed by atoms with van der Waals surface area (Å²) in [5.41, 5.74) is -1.06. The fourth-order valence-corrected chi connectivity index (χ4v) is 1.10. The van der Waals surface area contributed by atoms with Crippen LogP contribution in [-0.4, -0.2) is 5.66 Å². The van der Waals surface area contributed by atoms with E-state index in [2.05, 4.69) is 20.7 Å². The quantitative estimate of drug-likeness (QED) is 0.588. The van der Waals surface area contributed by atoms with Crippen LogP contribution in [0.15, 0.2) is 20.7 Å². The van der Waals surface area contributed by atoms with Crippen molar-refractivity contribution in [3.8, 4) is 6.07 Å². The van der Waals surface area contributed by atoms with Gasteiger partial charge < -0.3 is 0 Å². The first kappa shape index (κ1) is 8.78. The van der Waals surface area contributed by atoms with Crippen LogP contribution >= 0.6 is 0 Å². The predicted octanol–water partition coefficient (Wildman–Crippen LogP) is 2.48. The van der Waals surface area contributed by atoms with Gasteiger partial charge in [0.15, 0.2) is 0 Å². The van der Waals surface area contributed by atoms with E-state index in [0.717, 1.165) is 0 Å². The van der Waals surface area contributed by atoms with Crippen LogP contribution in [-0.2, 0) is 0 Å². The van der Waals surface area contributed by atoms with Crippen molar-refractivity contribution in [1.29, 1.82) is 5.26 Å². The fourth-order valence-electron chi connectivity index (χ4n) is 1.10. The predicted molar refractivity (Wildman–Crippen MR) is 42.1 cm³/mol. The summed E-state index contributed by atoms with van der Waals surface area (Å²) in [5.74, 6) is 0. The van der Waals surface area contributed by atoms with Gasteiger partial charge in [-0.15, -0.1) is 10.2 Å². The van der Waals surface area contributed by atoms with Crippen molar-refractivity contribution in [3.63, 3.8) is 0 Å². The van der Waals surface area contributed by atoms with Crippen molar-refractivity contribution in [3.05, 3.63) is 0 Å². The molecule has 1 heterocycles. The largest absolute Gasteiger partial charge is 0.279 e. The van der Waals surface area contributed by atoms with Crippen LogP contribution in [0.3, 0.4) is 0 Å². The van der Waals surface area contributed by atoms with Crippen molar-refractivity contribution < 1.29 is 0 Å². The summed E-state index contributed by atoms with van der Waals surface area (Å²) in [6.07, 6.45) is 0.545. The number of nitriles is 1. The zero-order chi connectivity index (χ0) is 9.24. The first-order chi connectivity index (χ1) is 5.47. The van der Waals surface area contributed by atoms with Gasteiger partial charge in [0, 0.05) is 6.42 Å². The Kier molecular flexibility index (Phi) is 1.92. The Labute approximate surface area is 71.2 Å². The fraction of sp³-hybridized carbons (Fsp3) is 0.857. The summed E-state index contributed by atoms with van der Waals surface area (Å²) in [5, 5.41) is 22.9. The minimum Gasteiger partial charge on any atom is -0.193 e. The molecular weight excluding hydrogens is 154 g/mol. The Balaban J connectivity index is 2.79. The van der Waals surface area contributed by atoms with Gasteiger partial charge >= 0.3 is 0 Å². The van der Waals surface area contributed by atoms with Gasteiger partial charge in [-0.1, -0.05) is 20.8 Å². The summed E-state index contributed by atoms with van der Waals surface area (Å²) in [7, 11) is 0. The van der Waals surface area contributed by atoms with Crippen LogP contribution in [0.1, 0.15) is 27.2 Å². The second-order valence-corrected chi connectivity index (χ2v) is 4.04. The lowest BCUT2D eigenvalue weighted by atomic mass is 9.86. The van der Waals surface area contributed by atoms with E-state index in [0.29, 0.717) is 6.42 Å². The third-order valence-electron chi connectivity index (χ3n) is 1.42. The lowest BCUT2D eigenvalue weighted by Gasteiger charge is -2.22. The standard InChI is InChI=1S/C7H11N5/c1-6(2,3)4-7(5-8)9-11-12-10-7/h4H2,1-3H3. The number of hydrogen-bond acceptors (Lipinski definition) is 5. The zero-order valence-electron chi connectivity index (χ0n) is 7.44. The maximum atomic E-state index is 8.82. The average Bonchev–Trinajstić information content (AvgIpc) is 2.34. The Hall–Kier alpha value is -1.31. The summed E-state index contributed by atoms with van der Waals surface area (Å²) in [6.45, 7) is 6.07. The number of rotatable bonds is 1. The SMILES string of the molecule is CC(C)(C)CC1(C#N)N=NN=N1. The molecule has 5 heteroatoms. The number of hydrogen-bond donors (Lipinski definition) is 0. The molecular formula is C7H11N5. The molecule has 5 nitrogen and oxygen atoms in total. The van der Waals surface area contributed by atoms with Crippen LogP contribution in [0, 0.1) is 16.7 Å². The Morgan fingerprint density at radius 2 is 1.75 bits per heavy atom. The lowest BCUT2D eigenvalue weighted by molar-refractivity contribution is 0.304. The maximum Gasteiger partial charge on any atom is 0.279 e. The van der Waals surface area contributed by atoms with Crippen LogP contribution in [0.2, 0.25) is 0 Å². The molecule has 0 saturated heterocycles. The molecule has 0 fully saturated rings. The van der Waals surface area contributed by atoms with Crippen molar-refractivity contribution >= 4 is 0 Å². The maximum absolute atomic E-state index is 8.82. The molecule has 1 aliphatic rings. The zero-order valence-corrected chi connectivity index (χ0v) is 7.44. The van der Waals surface area contributed by atoms with Gasteiger partial charge in [-0.25, -0.2) is 0 Å². The third-order valence-corrected chi connectivity index (χ3v) is 1.42. The van der Waals surface area contributed by atoms with E-state index in [1.165, 1.54) is 0 Å². The van der Waals surface area contributed by atoms with E-state index in [4.69, 9.17) is 5.26 Å². The van der Waals surface area contributed by atoms with E-state index in [-0.39, 0.29) is 5.41 Å². The highest BCUT2D eigenvalue weighted by Gasteiger charge is 2.37. The average molecular weight is 165 g/mol. The van der Waals surface area contributed by atoms with E-state index < -0.39 is 5.66 Å². The van der Waals surface area contributed by atoms with E-state index in [9.17, 15) is 0 Å². The molecule has 0 aromatic heterocycles. The van der Waals surface area contributed by atoms with Gasteiger partial charge in [0.2, 0.25) is 0 Å². The van der Waals surface area contributed by atoms with Gasteiger partial charge in [0.25, 0.3) is 5.66 Å². The van der Waals surface area contributed by atoms with E-state index in [1.54, 1.807) is 0 Å². The molecule has 0 saturated carbocycles. The van der Waals surface area contributed by atoms with Crippen LogP contribution < -0.4 is 0 Å². The summed E-state index contributed by atoms with van der Waals surface area (Å²) < 4.78 is 0. The molecule has 12 heavy (non-hydrogen) atoms. The second kappa shape index (κ2) is 2.63. The normalized spacial score (nSPS) is 19.5. The summed E-state index contributed by atoms with van der Waals surface area (Å²) in [4.78, 5) is 0. The van der Waals surface area contributed by atoms with Gasteiger partial charge in [-0.05, 0) is 15.9 Å². The first-order valence-electron chi connectivity index (χ1n) is 3.73. The topological polar surface area (TPSA) is 73.2 Å². The Morgan fingerprint density at radius 3 is 2.08 bits per heavy atom. The summed E-state index contributed by atoms with van der Waals surface area (Å²) in [6, 6.07) is 2.01. The van der Waals surface area contributed by atoms with Gasteiger partial charge in [0.05, 0.1) is 0 Å². The molecule has 0 aromatic carbocycles. The van der Waals surface area contributed by atoms with Gasteiger partial charge in [0.1, 0.15) is 6.07 Å². The highest BCUT2D eigenvalue weighted by atomic mass is 15.6. The highest BCUT2D eigenvalue weighted by molar-refractivity contribution is 5.06. The molecule has 0 aromatic rings. The second-order valence-electron chi connectivity index (χ2n) is 4.04. The molecule has 0 spiro atoms. The van der Waals surface area contributed by atoms with E-state index >= 15 is 0 Å². The van der Waals surface area contributed by atoms with Crippen LogP contribution in [0.25, 0.3) is 0 Å². The molecule has 1 aliphatic heterocycles. The molecule has 64 valence electrons. The van der Waals surface area contributed by atoms with E-state index in [1.807, 2.05) is 26.8 Å². The Bertz CT molecular complexity index is 253. The van der Waals surface area contributed by atoms with Crippen LogP contribution in [0.5, 0.6) is 0 Å². The molecule has 0 atom stereocenters. The number of nitrogens with zero attached hydrogens (tertiary/aromatic N) is 5.